The number of benzene rings is 3. The van der Waals surface area contributed by atoms with E-state index in [2.05, 4.69) is 31.8 Å². The molecule has 0 aromatic heterocycles. The number of anilines is 1. The van der Waals surface area contributed by atoms with Gasteiger partial charge >= 0.3 is 0 Å². The first kappa shape index (κ1) is 29.4. The van der Waals surface area contributed by atoms with E-state index in [9.17, 15) is 15.2 Å². The lowest BCUT2D eigenvalue weighted by atomic mass is 10.1. The molecule has 3 aromatic rings. The molecule has 1 N–H and O–H groups in total. The number of nitrogens with zero attached hydrogens (tertiary/aromatic N) is 3. The number of β-amino-alcohol motifs (C(OH)–C–C–N with tert-alkyl or cyclic N) is 1. The third-order valence-corrected chi connectivity index (χ3v) is 6.97. The maximum Gasteiger partial charge on any atom is 0.270 e. The van der Waals surface area contributed by atoms with Crippen molar-refractivity contribution in [2.24, 2.45) is 0 Å². The van der Waals surface area contributed by atoms with Crippen molar-refractivity contribution < 1.29 is 19.5 Å². The summed E-state index contributed by atoms with van der Waals surface area (Å²) in [4.78, 5) is 15.4. The molecule has 1 aliphatic rings. The Balaban J connectivity index is 0.00000400. The number of nitro benzene ring substituents is 1. The van der Waals surface area contributed by atoms with Crippen LogP contribution in [0.4, 0.5) is 11.4 Å². The molecule has 1 aliphatic heterocycles. The highest BCUT2D eigenvalue weighted by Crippen LogP contribution is 2.29. The van der Waals surface area contributed by atoms with Crippen molar-refractivity contribution in [2.75, 3.05) is 51.3 Å². The number of rotatable bonds is 10. The Bertz CT molecular complexity index is 1250. The van der Waals surface area contributed by atoms with Gasteiger partial charge in [0.15, 0.2) is 0 Å². The Morgan fingerprint density at radius 3 is 2.39 bits per heavy atom. The van der Waals surface area contributed by atoms with Crippen LogP contribution < -0.4 is 14.4 Å². The molecule has 0 saturated carbocycles. The van der Waals surface area contributed by atoms with Crippen LogP contribution in [0, 0.1) is 10.1 Å². The van der Waals surface area contributed by atoms with E-state index in [-0.39, 0.29) is 24.7 Å². The van der Waals surface area contributed by atoms with Crippen LogP contribution in [0.2, 0.25) is 0 Å². The second-order valence-electron chi connectivity index (χ2n) is 8.76. The van der Waals surface area contributed by atoms with Gasteiger partial charge in [0.05, 0.1) is 17.7 Å². The highest BCUT2D eigenvalue weighted by atomic mass is 79.9. The fourth-order valence-electron chi connectivity index (χ4n) is 4.30. The second-order valence-corrected chi connectivity index (χ2v) is 9.61. The van der Waals surface area contributed by atoms with Crippen LogP contribution >= 0.6 is 28.3 Å². The lowest BCUT2D eigenvalue weighted by Gasteiger charge is -2.37. The largest absolute Gasteiger partial charge is 0.495 e. The summed E-state index contributed by atoms with van der Waals surface area (Å²) in [7, 11) is 1.68. The molecular weight excluding hydrogens is 574 g/mol. The molecule has 0 radical (unpaired) electrons. The summed E-state index contributed by atoms with van der Waals surface area (Å²) >= 11 is 3.51. The van der Waals surface area contributed by atoms with E-state index in [1.54, 1.807) is 19.3 Å². The van der Waals surface area contributed by atoms with Crippen LogP contribution in [0.15, 0.2) is 71.2 Å². The molecule has 8 nitrogen and oxygen atoms in total. The standard InChI is InChI=1S/C28H30BrN3O5.ClH/c1-36-28-9-5-4-8-26(28)31-16-14-30(15-17-31)19-24(33)20-37-27-13-12-23(32(34)35)18-22(27)11-10-21-6-2-3-7-25(21)29;/h2-13,18,24,33H,14-17,19-20H2,1H3;1H/b11-10+;. The van der Waals surface area contributed by atoms with Crippen molar-refractivity contribution in [1.82, 2.24) is 4.90 Å². The summed E-state index contributed by atoms with van der Waals surface area (Å²) in [5.74, 6) is 1.34. The lowest BCUT2D eigenvalue weighted by molar-refractivity contribution is -0.384. The van der Waals surface area contributed by atoms with Gasteiger partial charge in [-0.25, -0.2) is 0 Å². The normalized spacial score (nSPS) is 14.7. The zero-order valence-corrected chi connectivity index (χ0v) is 23.4. The molecule has 0 amide bonds. The lowest BCUT2D eigenvalue weighted by Crippen LogP contribution is -2.49. The van der Waals surface area contributed by atoms with Crippen LogP contribution in [0.5, 0.6) is 11.5 Å². The topological polar surface area (TPSA) is 88.3 Å². The molecule has 0 bridgehead atoms. The Morgan fingerprint density at radius 2 is 1.68 bits per heavy atom. The van der Waals surface area contributed by atoms with Crippen LogP contribution in [0.3, 0.4) is 0 Å². The average Bonchev–Trinajstić information content (AvgIpc) is 2.92. The minimum Gasteiger partial charge on any atom is -0.495 e. The fraction of sp³-hybridized carbons (Fsp3) is 0.286. The van der Waals surface area contributed by atoms with Gasteiger partial charge in [-0.2, -0.15) is 0 Å². The van der Waals surface area contributed by atoms with E-state index in [1.807, 2.05) is 48.5 Å². The second kappa shape index (κ2) is 14.2. The number of hydrogen-bond donors (Lipinski definition) is 1. The molecule has 1 unspecified atom stereocenters. The smallest absolute Gasteiger partial charge is 0.270 e. The van der Waals surface area contributed by atoms with Crippen LogP contribution in [0.25, 0.3) is 12.2 Å². The van der Waals surface area contributed by atoms with Crippen LogP contribution in [0.1, 0.15) is 11.1 Å². The SMILES string of the molecule is COc1ccccc1N1CCN(CC(O)COc2ccc([N+](=O)[O-])cc2/C=C/c2ccccc2Br)CC1.Cl. The molecule has 1 heterocycles. The van der Waals surface area contributed by atoms with Crippen molar-refractivity contribution in [3.05, 3.63) is 92.4 Å². The van der Waals surface area contributed by atoms with Crippen molar-refractivity contribution in [3.63, 3.8) is 0 Å². The van der Waals surface area contributed by atoms with E-state index in [4.69, 9.17) is 9.47 Å². The maximum atomic E-state index is 11.3. The summed E-state index contributed by atoms with van der Waals surface area (Å²) in [5.41, 5.74) is 2.57. The summed E-state index contributed by atoms with van der Waals surface area (Å²) in [5, 5.41) is 22.0. The summed E-state index contributed by atoms with van der Waals surface area (Å²) in [6.45, 7) is 3.86. The molecule has 1 fully saturated rings. The van der Waals surface area contributed by atoms with E-state index in [0.717, 1.165) is 47.7 Å². The van der Waals surface area contributed by atoms with Crippen molar-refractivity contribution in [1.29, 1.82) is 0 Å². The van der Waals surface area contributed by atoms with Gasteiger partial charge in [0.1, 0.15) is 24.2 Å². The first-order valence-corrected chi connectivity index (χ1v) is 12.9. The maximum absolute atomic E-state index is 11.3. The third kappa shape index (κ3) is 7.70. The molecule has 1 atom stereocenters. The number of hydrogen-bond acceptors (Lipinski definition) is 7. The predicted molar refractivity (Wildman–Crippen MR) is 157 cm³/mol. The average molecular weight is 605 g/mol. The van der Waals surface area contributed by atoms with Crippen molar-refractivity contribution >= 4 is 51.9 Å². The summed E-state index contributed by atoms with van der Waals surface area (Å²) in [6, 6.07) is 20.2. The van der Waals surface area contributed by atoms with Gasteiger partial charge in [0.2, 0.25) is 0 Å². The number of ether oxygens (including phenoxy) is 2. The van der Waals surface area contributed by atoms with E-state index < -0.39 is 11.0 Å². The zero-order valence-electron chi connectivity index (χ0n) is 21.0. The number of para-hydroxylation sites is 2. The molecule has 1 saturated heterocycles. The fourth-order valence-corrected chi connectivity index (χ4v) is 4.72. The number of aliphatic hydroxyl groups excluding tert-OH is 1. The van der Waals surface area contributed by atoms with Crippen LogP contribution in [-0.2, 0) is 0 Å². The predicted octanol–water partition coefficient (Wildman–Crippen LogP) is 5.52. The Labute approximate surface area is 237 Å². The summed E-state index contributed by atoms with van der Waals surface area (Å²) < 4.78 is 12.3. The zero-order chi connectivity index (χ0) is 26.2. The monoisotopic (exact) mass is 603 g/mol. The molecule has 202 valence electrons. The number of halogens is 2. The van der Waals surface area contributed by atoms with Gasteiger partial charge in [0, 0.05) is 54.9 Å². The molecule has 3 aromatic carbocycles. The number of non-ortho nitro benzene ring substituents is 1. The van der Waals surface area contributed by atoms with Gasteiger partial charge < -0.3 is 19.5 Å². The Hall–Kier alpha value is -3.11. The molecule has 10 heteroatoms. The minimum absolute atomic E-state index is 0. The molecular formula is C28H31BrClN3O5. The van der Waals surface area contributed by atoms with Gasteiger partial charge in [-0.05, 0) is 29.8 Å². The van der Waals surface area contributed by atoms with E-state index in [1.165, 1.54) is 12.1 Å². The van der Waals surface area contributed by atoms with E-state index in [0.29, 0.717) is 17.9 Å². The number of methoxy groups -OCH3 is 1. The van der Waals surface area contributed by atoms with E-state index >= 15 is 0 Å². The molecule has 0 spiro atoms. The highest BCUT2D eigenvalue weighted by molar-refractivity contribution is 9.10. The molecule has 4 rings (SSSR count). The molecule has 38 heavy (non-hydrogen) atoms. The van der Waals surface area contributed by atoms with Gasteiger partial charge in [-0.15, -0.1) is 12.4 Å². The number of aliphatic hydroxyl groups is 1. The third-order valence-electron chi connectivity index (χ3n) is 6.25. The van der Waals surface area contributed by atoms with Gasteiger partial charge in [-0.1, -0.05) is 58.4 Å². The number of piperazine rings is 1. The molecule has 0 aliphatic carbocycles. The first-order chi connectivity index (χ1) is 17.9. The first-order valence-electron chi connectivity index (χ1n) is 12.1. The Morgan fingerprint density at radius 1 is 1.00 bits per heavy atom. The van der Waals surface area contributed by atoms with Crippen molar-refractivity contribution in [3.8, 4) is 11.5 Å². The quantitative estimate of drug-likeness (QED) is 0.185. The summed E-state index contributed by atoms with van der Waals surface area (Å²) in [6.07, 6.45) is 2.95. The minimum atomic E-state index is -0.701. The van der Waals surface area contributed by atoms with Gasteiger partial charge in [0.25, 0.3) is 5.69 Å². The van der Waals surface area contributed by atoms with Crippen molar-refractivity contribution in [2.45, 2.75) is 6.10 Å². The Kier molecular flexibility index (Phi) is 11.0. The highest BCUT2D eigenvalue weighted by Gasteiger charge is 2.22. The van der Waals surface area contributed by atoms with Gasteiger partial charge in [-0.3, -0.25) is 15.0 Å². The number of nitro groups is 1. The van der Waals surface area contributed by atoms with Crippen LogP contribution in [-0.4, -0.2) is 67.5 Å².